The van der Waals surface area contributed by atoms with Crippen molar-refractivity contribution < 1.29 is 14.4 Å². The minimum atomic E-state index is -0.603. The lowest BCUT2D eigenvalue weighted by molar-refractivity contribution is -0.591. The van der Waals surface area contributed by atoms with Crippen LogP contribution in [0, 0.1) is 20.5 Å². The van der Waals surface area contributed by atoms with Crippen molar-refractivity contribution in [3.63, 3.8) is 0 Å². The van der Waals surface area contributed by atoms with Crippen LogP contribution in [-0.4, -0.2) is 9.91 Å². The number of benzene rings is 2. The first kappa shape index (κ1) is 12.3. The number of nitrogens with one attached hydrogen (secondary N) is 1. The van der Waals surface area contributed by atoms with Gasteiger partial charge < -0.3 is 10.4 Å². The smallest absolute Gasteiger partial charge is 0.358 e. The Morgan fingerprint density at radius 2 is 1.77 bits per heavy atom. The second-order valence-electron chi connectivity index (χ2n) is 4.89. The Hall–Kier alpha value is -3.42. The third kappa shape index (κ3) is 1.46. The zero-order valence-electron chi connectivity index (χ0n) is 11.0. The maximum absolute atomic E-state index is 12.6. The quantitative estimate of drug-likeness (QED) is 0.249. The predicted molar refractivity (Wildman–Crippen MR) is 77.9 cm³/mol. The number of nitro benzene ring substituents is 1. The van der Waals surface area contributed by atoms with Crippen molar-refractivity contribution in [2.45, 2.75) is 0 Å². The molecule has 0 aliphatic carbocycles. The third-order valence-electron chi connectivity index (χ3n) is 3.67. The number of H-pyrrole nitrogens is 1. The molecule has 4 rings (SSSR count). The van der Waals surface area contributed by atoms with Gasteiger partial charge in [-0.25, -0.2) is 9.71 Å². The number of para-hydroxylation sites is 1. The van der Waals surface area contributed by atoms with Crippen LogP contribution in [0.2, 0.25) is 0 Å². The maximum atomic E-state index is 12.6. The van der Waals surface area contributed by atoms with Crippen LogP contribution in [0.25, 0.3) is 33.1 Å². The van der Waals surface area contributed by atoms with Gasteiger partial charge in [0.15, 0.2) is 0 Å². The van der Waals surface area contributed by atoms with Crippen LogP contribution in [-0.2, 0) is 0 Å². The van der Waals surface area contributed by atoms with E-state index in [0.717, 1.165) is 6.07 Å². The topological polar surface area (TPSA) is 113 Å². The molecule has 2 heterocycles. The van der Waals surface area contributed by atoms with Crippen LogP contribution in [0.1, 0.15) is 0 Å². The fourth-order valence-electron chi connectivity index (χ4n) is 2.67. The molecule has 0 bridgehead atoms. The standard InChI is InChI=1S/C14H8N4O4/c19-16-12-7-8(18(21)22)5-6-11(12)17(20)14-13(16)9-3-1-2-4-10(9)15-14/h1-7,15H. The van der Waals surface area contributed by atoms with E-state index < -0.39 is 4.92 Å². The number of fused-ring (bicyclic) bond motifs is 4. The second kappa shape index (κ2) is 4.04. The Morgan fingerprint density at radius 1 is 1.00 bits per heavy atom. The first-order chi connectivity index (χ1) is 10.6. The molecule has 0 aliphatic rings. The van der Waals surface area contributed by atoms with Gasteiger partial charge in [-0.3, -0.25) is 10.1 Å². The van der Waals surface area contributed by atoms with Crippen molar-refractivity contribution in [1.82, 2.24) is 4.98 Å². The summed E-state index contributed by atoms with van der Waals surface area (Å²) in [6.07, 6.45) is 0. The molecule has 0 saturated heterocycles. The van der Waals surface area contributed by atoms with Gasteiger partial charge in [0.1, 0.15) is 10.9 Å². The van der Waals surface area contributed by atoms with Gasteiger partial charge in [-0.05, 0) is 18.2 Å². The molecule has 0 saturated carbocycles. The zero-order chi connectivity index (χ0) is 15.4. The van der Waals surface area contributed by atoms with E-state index in [2.05, 4.69) is 4.98 Å². The summed E-state index contributed by atoms with van der Waals surface area (Å²) in [7, 11) is 0. The summed E-state index contributed by atoms with van der Waals surface area (Å²) in [4.78, 5) is 13.2. The molecule has 0 spiro atoms. The summed E-state index contributed by atoms with van der Waals surface area (Å²) in [6, 6.07) is 10.6. The van der Waals surface area contributed by atoms with Crippen molar-refractivity contribution in [3.8, 4) is 0 Å². The largest absolute Gasteiger partial charge is 0.710 e. The normalized spacial score (nSPS) is 11.5. The number of non-ortho nitro benzene ring substituents is 1. The molecule has 0 atom stereocenters. The molecule has 0 fully saturated rings. The van der Waals surface area contributed by atoms with Gasteiger partial charge in [-0.15, -0.1) is 0 Å². The fraction of sp³-hybridized carbons (Fsp3) is 0. The van der Waals surface area contributed by atoms with Gasteiger partial charge in [0.25, 0.3) is 11.2 Å². The Bertz CT molecular complexity index is 1090. The van der Waals surface area contributed by atoms with Crippen LogP contribution in [0.15, 0.2) is 42.5 Å². The molecular formula is C14H8N4O4. The maximum Gasteiger partial charge on any atom is 0.358 e. The van der Waals surface area contributed by atoms with E-state index >= 15 is 0 Å². The number of nitrogens with zero attached hydrogens (tertiary/aromatic N) is 3. The summed E-state index contributed by atoms with van der Waals surface area (Å²) in [5, 5.41) is 36.5. The predicted octanol–water partition coefficient (Wildman–Crippen LogP) is 1.65. The average Bonchev–Trinajstić information content (AvgIpc) is 2.92. The molecule has 0 radical (unpaired) electrons. The summed E-state index contributed by atoms with van der Waals surface area (Å²) in [5.41, 5.74) is 0.727. The number of aromatic nitrogens is 3. The molecular weight excluding hydrogens is 288 g/mol. The third-order valence-corrected chi connectivity index (χ3v) is 3.67. The summed E-state index contributed by atoms with van der Waals surface area (Å²) in [5.74, 6) is 0. The van der Waals surface area contributed by atoms with Crippen molar-refractivity contribution in [2.75, 3.05) is 0 Å². The van der Waals surface area contributed by atoms with Gasteiger partial charge in [0.05, 0.1) is 11.0 Å². The fourth-order valence-corrected chi connectivity index (χ4v) is 2.67. The van der Waals surface area contributed by atoms with Crippen molar-refractivity contribution in [2.24, 2.45) is 0 Å². The zero-order valence-corrected chi connectivity index (χ0v) is 11.0. The Morgan fingerprint density at radius 3 is 2.55 bits per heavy atom. The van der Waals surface area contributed by atoms with Crippen LogP contribution in [0.4, 0.5) is 5.69 Å². The monoisotopic (exact) mass is 296 g/mol. The lowest BCUT2D eigenvalue weighted by Gasteiger charge is -2.08. The molecule has 2 aromatic heterocycles. The molecule has 8 heteroatoms. The van der Waals surface area contributed by atoms with E-state index in [0.29, 0.717) is 20.4 Å². The molecule has 0 amide bonds. The number of nitro groups is 1. The van der Waals surface area contributed by atoms with Gasteiger partial charge in [-0.1, -0.05) is 12.1 Å². The molecule has 22 heavy (non-hydrogen) atoms. The van der Waals surface area contributed by atoms with E-state index in [9.17, 15) is 20.5 Å². The summed E-state index contributed by atoms with van der Waals surface area (Å²) >= 11 is 0. The number of hydrogen-bond donors (Lipinski definition) is 1. The van der Waals surface area contributed by atoms with Gasteiger partial charge in [-0.2, -0.15) is 4.73 Å². The van der Waals surface area contributed by atoms with Gasteiger partial charge in [0.2, 0.25) is 5.52 Å². The summed E-state index contributed by atoms with van der Waals surface area (Å²) in [6.45, 7) is 0. The Balaban J connectivity index is 2.27. The molecule has 0 unspecified atom stereocenters. The lowest BCUT2D eigenvalue weighted by atomic mass is 10.2. The minimum Gasteiger partial charge on any atom is -0.710 e. The van der Waals surface area contributed by atoms with Crippen molar-refractivity contribution in [1.29, 1.82) is 0 Å². The van der Waals surface area contributed by atoms with E-state index in [1.165, 1.54) is 12.1 Å². The number of rotatable bonds is 1. The van der Waals surface area contributed by atoms with E-state index in [1.54, 1.807) is 24.3 Å². The molecule has 4 aromatic rings. The van der Waals surface area contributed by atoms with Crippen LogP contribution in [0.3, 0.4) is 0 Å². The van der Waals surface area contributed by atoms with Crippen molar-refractivity contribution in [3.05, 3.63) is 63.0 Å². The highest BCUT2D eigenvalue weighted by atomic mass is 16.6. The second-order valence-corrected chi connectivity index (χ2v) is 4.89. The first-order valence-electron chi connectivity index (χ1n) is 6.41. The van der Waals surface area contributed by atoms with E-state index in [4.69, 9.17) is 0 Å². The molecule has 1 N–H and O–H groups in total. The van der Waals surface area contributed by atoms with Crippen LogP contribution < -0.4 is 9.46 Å². The first-order valence-corrected chi connectivity index (χ1v) is 6.41. The van der Waals surface area contributed by atoms with Crippen molar-refractivity contribution >= 4 is 38.8 Å². The molecule has 8 nitrogen and oxygen atoms in total. The average molecular weight is 296 g/mol. The highest BCUT2D eigenvalue weighted by molar-refractivity contribution is 6.01. The summed E-state index contributed by atoms with van der Waals surface area (Å²) < 4.78 is 1.15. The lowest BCUT2D eigenvalue weighted by Crippen LogP contribution is -2.39. The Labute approximate surface area is 122 Å². The SMILES string of the molecule is O=[N+]([O-])c1ccc2c(c1)[n+]([O-])c1c3ccccc3[nH]c1[n+]2[O-]. The number of hydrogen-bond acceptors (Lipinski definition) is 4. The number of aromatic amines is 1. The Kier molecular flexibility index (Phi) is 2.27. The molecule has 2 aromatic carbocycles. The van der Waals surface area contributed by atoms with Gasteiger partial charge >= 0.3 is 11.2 Å². The van der Waals surface area contributed by atoms with E-state index in [1.807, 2.05) is 0 Å². The van der Waals surface area contributed by atoms with Crippen LogP contribution >= 0.6 is 0 Å². The highest BCUT2D eigenvalue weighted by Crippen LogP contribution is 2.23. The minimum absolute atomic E-state index is 0.0403. The molecule has 0 aliphatic heterocycles. The molecule has 108 valence electrons. The highest BCUT2D eigenvalue weighted by Gasteiger charge is 2.26. The van der Waals surface area contributed by atoms with Crippen LogP contribution in [0.5, 0.6) is 0 Å². The van der Waals surface area contributed by atoms with E-state index in [-0.39, 0.29) is 27.9 Å². The van der Waals surface area contributed by atoms with Gasteiger partial charge in [0, 0.05) is 6.07 Å².